The van der Waals surface area contributed by atoms with Gasteiger partial charge in [0.25, 0.3) is 0 Å². The summed E-state index contributed by atoms with van der Waals surface area (Å²) in [5.41, 5.74) is 10.7. The molecule has 0 fully saturated rings. The van der Waals surface area contributed by atoms with Crippen molar-refractivity contribution in [3.05, 3.63) is 242 Å². The minimum atomic E-state index is -2.73. The van der Waals surface area contributed by atoms with E-state index in [0.29, 0.717) is 0 Å². The van der Waals surface area contributed by atoms with Crippen LogP contribution in [0, 0.1) is 0 Å². The second-order valence-corrected chi connectivity index (χ2v) is 19.9. The normalized spacial score (nSPS) is 11.7. The maximum absolute atomic E-state index is 4.90. The standard InChI is InChI=1S/C59H44N2Si/c1-2-57-60-55-31-16-17-32-56(55)61(57)46-39-37-43(38-40-46)42-33-35-44(36-34-42)58-51-27-12-14-29-53(51)59(54-30-15-13-28-52(54)58)45-19-18-26-50(41-45)62(47-20-6-3-7-21-47,48-22-8-4-9-23-48)49-24-10-5-11-25-49/h3-41H,2H2,1H3. The molecule has 0 aliphatic heterocycles. The molecule has 0 radical (unpaired) electrons. The van der Waals surface area contributed by atoms with Gasteiger partial charge >= 0.3 is 0 Å². The maximum atomic E-state index is 4.90. The van der Waals surface area contributed by atoms with Crippen LogP contribution in [0.2, 0.25) is 0 Å². The molecule has 11 aromatic rings. The molecule has 0 spiro atoms. The Hall–Kier alpha value is -7.59. The molecule has 2 nitrogen and oxygen atoms in total. The number of aromatic nitrogens is 2. The second-order valence-electron chi connectivity index (χ2n) is 16.1. The molecule has 0 saturated heterocycles. The summed E-state index contributed by atoms with van der Waals surface area (Å²) in [4.78, 5) is 4.90. The van der Waals surface area contributed by atoms with Gasteiger partial charge in [-0.15, -0.1) is 0 Å². The van der Waals surface area contributed by atoms with E-state index < -0.39 is 8.07 Å². The molecule has 294 valence electrons. The Morgan fingerprint density at radius 1 is 0.371 bits per heavy atom. The highest BCUT2D eigenvalue weighted by Gasteiger charge is 2.41. The van der Waals surface area contributed by atoms with Crippen LogP contribution in [0.5, 0.6) is 0 Å². The number of aryl methyl sites for hydroxylation is 1. The molecule has 0 amide bonds. The molecular weight excluding hydrogens is 765 g/mol. The van der Waals surface area contributed by atoms with Gasteiger partial charge < -0.3 is 0 Å². The minimum absolute atomic E-state index is 0.869. The summed E-state index contributed by atoms with van der Waals surface area (Å²) in [7, 11) is -2.73. The number of benzene rings is 10. The lowest BCUT2D eigenvalue weighted by Gasteiger charge is -2.34. The van der Waals surface area contributed by atoms with Crippen molar-refractivity contribution >= 4 is 61.4 Å². The monoisotopic (exact) mass is 808 g/mol. The molecule has 0 saturated carbocycles. The number of hydrogen-bond acceptors (Lipinski definition) is 1. The van der Waals surface area contributed by atoms with Crippen LogP contribution in [-0.4, -0.2) is 17.6 Å². The molecule has 0 N–H and O–H groups in total. The fraction of sp³-hybridized carbons (Fsp3) is 0.0339. The topological polar surface area (TPSA) is 17.8 Å². The zero-order chi connectivity index (χ0) is 41.5. The van der Waals surface area contributed by atoms with Crippen LogP contribution in [0.4, 0.5) is 0 Å². The fourth-order valence-electron chi connectivity index (χ4n) is 9.96. The smallest absolute Gasteiger partial charge is 0.179 e. The lowest BCUT2D eigenvalue weighted by molar-refractivity contribution is 0.908. The van der Waals surface area contributed by atoms with E-state index >= 15 is 0 Å². The van der Waals surface area contributed by atoms with E-state index in [1.54, 1.807) is 0 Å². The third kappa shape index (κ3) is 6.20. The molecule has 10 aromatic carbocycles. The average molecular weight is 809 g/mol. The van der Waals surface area contributed by atoms with Gasteiger partial charge in [0, 0.05) is 12.1 Å². The summed E-state index contributed by atoms with van der Waals surface area (Å²) in [6.45, 7) is 2.17. The Bertz CT molecular complexity index is 3200. The Labute approximate surface area is 364 Å². The van der Waals surface area contributed by atoms with Crippen molar-refractivity contribution in [1.29, 1.82) is 0 Å². The lowest BCUT2D eigenvalue weighted by atomic mass is 9.86. The van der Waals surface area contributed by atoms with Crippen molar-refractivity contribution in [3.63, 3.8) is 0 Å². The van der Waals surface area contributed by atoms with Crippen molar-refractivity contribution in [1.82, 2.24) is 9.55 Å². The number of imidazole rings is 1. The largest absolute Gasteiger partial charge is 0.296 e. The number of nitrogens with zero attached hydrogens (tertiary/aromatic N) is 2. The first-order valence-corrected chi connectivity index (χ1v) is 23.6. The van der Waals surface area contributed by atoms with Crippen molar-refractivity contribution in [2.75, 3.05) is 0 Å². The van der Waals surface area contributed by atoms with Crippen LogP contribution in [0.3, 0.4) is 0 Å². The van der Waals surface area contributed by atoms with Crippen LogP contribution in [0.25, 0.3) is 71.6 Å². The molecule has 1 aromatic heterocycles. The third-order valence-electron chi connectivity index (χ3n) is 12.7. The predicted octanol–water partition coefficient (Wildman–Crippen LogP) is 12.3. The number of hydrogen-bond donors (Lipinski definition) is 0. The van der Waals surface area contributed by atoms with Gasteiger partial charge in [0.1, 0.15) is 5.82 Å². The van der Waals surface area contributed by atoms with Gasteiger partial charge in [0.05, 0.1) is 11.0 Å². The van der Waals surface area contributed by atoms with Gasteiger partial charge in [-0.05, 0) is 99.9 Å². The van der Waals surface area contributed by atoms with Crippen molar-refractivity contribution in [2.24, 2.45) is 0 Å². The predicted molar refractivity (Wildman–Crippen MR) is 265 cm³/mol. The van der Waals surface area contributed by atoms with E-state index in [2.05, 4.69) is 248 Å². The molecular formula is C59H44N2Si. The summed E-state index contributed by atoms with van der Waals surface area (Å²) in [6.07, 6.45) is 0.869. The summed E-state index contributed by atoms with van der Waals surface area (Å²) in [5.74, 6) is 1.07. The molecule has 0 aliphatic carbocycles. The molecule has 0 aliphatic rings. The SMILES string of the molecule is CCc1nc2ccccc2n1-c1ccc(-c2ccc(-c3c4ccccc4c(-c4cccc([Si](c5ccccc5)(c5ccccc5)c5ccccc5)c4)c4ccccc34)cc2)cc1. The lowest BCUT2D eigenvalue weighted by Crippen LogP contribution is -2.74. The van der Waals surface area contributed by atoms with Gasteiger partial charge in [-0.1, -0.05) is 219 Å². The third-order valence-corrected chi connectivity index (χ3v) is 17.5. The van der Waals surface area contributed by atoms with Crippen molar-refractivity contribution < 1.29 is 0 Å². The summed E-state index contributed by atoms with van der Waals surface area (Å²) < 4.78 is 2.28. The molecule has 0 unspecified atom stereocenters. The average Bonchev–Trinajstić information content (AvgIpc) is 3.74. The van der Waals surface area contributed by atoms with Gasteiger partial charge in [-0.3, -0.25) is 4.57 Å². The van der Waals surface area contributed by atoms with E-state index in [1.807, 2.05) is 0 Å². The number of rotatable bonds is 9. The zero-order valence-electron chi connectivity index (χ0n) is 34.6. The highest BCUT2D eigenvalue weighted by molar-refractivity contribution is 7.19. The number of para-hydroxylation sites is 2. The van der Waals surface area contributed by atoms with Crippen LogP contribution >= 0.6 is 0 Å². The van der Waals surface area contributed by atoms with Crippen molar-refractivity contribution in [3.8, 4) is 39.1 Å². The van der Waals surface area contributed by atoms with E-state index in [9.17, 15) is 0 Å². The minimum Gasteiger partial charge on any atom is -0.296 e. The summed E-state index contributed by atoms with van der Waals surface area (Å²) >= 11 is 0. The maximum Gasteiger partial charge on any atom is 0.179 e. The van der Waals surface area contributed by atoms with E-state index in [-0.39, 0.29) is 0 Å². The highest BCUT2D eigenvalue weighted by atomic mass is 28.3. The Balaban J connectivity index is 1.04. The van der Waals surface area contributed by atoms with Crippen LogP contribution in [-0.2, 0) is 6.42 Å². The van der Waals surface area contributed by atoms with Crippen LogP contribution < -0.4 is 20.7 Å². The number of fused-ring (bicyclic) bond motifs is 3. The zero-order valence-corrected chi connectivity index (χ0v) is 35.6. The quantitative estimate of drug-likeness (QED) is 0.0807. The molecule has 11 rings (SSSR count). The molecule has 3 heteroatoms. The second kappa shape index (κ2) is 15.8. The molecule has 62 heavy (non-hydrogen) atoms. The highest BCUT2D eigenvalue weighted by Crippen LogP contribution is 2.44. The first-order chi connectivity index (χ1) is 30.7. The first-order valence-electron chi connectivity index (χ1n) is 21.6. The summed E-state index contributed by atoms with van der Waals surface area (Å²) in [5, 5.41) is 10.5. The Morgan fingerprint density at radius 3 is 1.31 bits per heavy atom. The molecule has 1 heterocycles. The molecule has 0 atom stereocenters. The van der Waals surface area contributed by atoms with Crippen molar-refractivity contribution in [2.45, 2.75) is 13.3 Å². The Kier molecular flexibility index (Phi) is 9.52. The van der Waals surface area contributed by atoms with E-state index in [4.69, 9.17) is 4.98 Å². The van der Waals surface area contributed by atoms with Gasteiger partial charge in [-0.2, -0.15) is 0 Å². The van der Waals surface area contributed by atoms with Gasteiger partial charge in [-0.25, -0.2) is 4.98 Å². The van der Waals surface area contributed by atoms with E-state index in [0.717, 1.165) is 29.0 Å². The fourth-order valence-corrected chi connectivity index (χ4v) is 14.8. The van der Waals surface area contributed by atoms with Gasteiger partial charge in [0.15, 0.2) is 8.07 Å². The van der Waals surface area contributed by atoms with Gasteiger partial charge in [0.2, 0.25) is 0 Å². The Morgan fingerprint density at radius 2 is 0.790 bits per heavy atom. The summed E-state index contributed by atoms with van der Waals surface area (Å²) in [6, 6.07) is 87.5. The van der Waals surface area contributed by atoms with E-state index in [1.165, 1.54) is 75.7 Å². The molecule has 0 bridgehead atoms. The van der Waals surface area contributed by atoms with Crippen LogP contribution in [0.15, 0.2) is 237 Å². The first kappa shape index (κ1) is 37.4. The van der Waals surface area contributed by atoms with Crippen LogP contribution in [0.1, 0.15) is 12.7 Å².